The molecule has 0 saturated carbocycles. The van der Waals surface area contributed by atoms with Crippen molar-refractivity contribution in [1.82, 2.24) is 4.90 Å². The van der Waals surface area contributed by atoms with E-state index in [1.165, 1.54) is 23.5 Å². The van der Waals surface area contributed by atoms with Gasteiger partial charge in [-0.2, -0.15) is 0 Å². The zero-order chi connectivity index (χ0) is 24.0. The summed E-state index contributed by atoms with van der Waals surface area (Å²) in [6.45, 7) is 3.03. The Morgan fingerprint density at radius 2 is 1.85 bits per heavy atom. The number of carbonyl (C=O) groups is 1. The summed E-state index contributed by atoms with van der Waals surface area (Å²) in [7, 11) is -3.92. The predicted molar refractivity (Wildman–Crippen MR) is 131 cm³/mol. The molecule has 9 heteroatoms. The molecule has 0 aliphatic carbocycles. The van der Waals surface area contributed by atoms with Crippen LogP contribution < -0.4 is 9.62 Å². The first-order valence-corrected chi connectivity index (χ1v) is 13.5. The Morgan fingerprint density at radius 3 is 2.53 bits per heavy atom. The van der Waals surface area contributed by atoms with Crippen molar-refractivity contribution in [2.24, 2.45) is 0 Å². The third kappa shape index (κ3) is 6.93. The molecule has 2 saturated heterocycles. The van der Waals surface area contributed by atoms with E-state index in [2.05, 4.69) is 9.62 Å². The van der Waals surface area contributed by atoms with E-state index in [1.807, 2.05) is 12.1 Å². The minimum absolute atomic E-state index is 0.122. The van der Waals surface area contributed by atoms with E-state index >= 15 is 0 Å². The highest BCUT2D eigenvalue weighted by Crippen LogP contribution is 2.22. The van der Waals surface area contributed by atoms with Crippen molar-refractivity contribution in [3.8, 4) is 0 Å². The Bertz CT molecular complexity index is 1070. The number of rotatable bonds is 9. The largest absolute Gasteiger partial charge is 0.376 e. The van der Waals surface area contributed by atoms with Crippen molar-refractivity contribution in [1.29, 1.82) is 0 Å². The van der Waals surface area contributed by atoms with Crippen LogP contribution in [0.5, 0.6) is 0 Å². The molecule has 0 aromatic heterocycles. The van der Waals surface area contributed by atoms with Crippen molar-refractivity contribution in [3.05, 3.63) is 59.9 Å². The van der Waals surface area contributed by atoms with Gasteiger partial charge in [0.15, 0.2) is 0 Å². The second kappa shape index (κ2) is 11.2. The Hall–Kier alpha value is -2.65. The van der Waals surface area contributed by atoms with Crippen molar-refractivity contribution in [2.45, 2.75) is 44.8 Å². The number of nitrogens with one attached hydrogen (secondary N) is 1. The molecule has 0 bridgehead atoms. The maximum absolute atomic E-state index is 13.6. The number of carbonyl (C=O) groups excluding carboxylic acids is 1. The van der Waals surface area contributed by atoms with Gasteiger partial charge in [-0.15, -0.1) is 0 Å². The summed E-state index contributed by atoms with van der Waals surface area (Å²) < 4.78 is 47.4. The highest BCUT2D eigenvalue weighted by molar-refractivity contribution is 7.93. The molecule has 4 rings (SSSR count). The summed E-state index contributed by atoms with van der Waals surface area (Å²) >= 11 is 0. The summed E-state index contributed by atoms with van der Waals surface area (Å²) in [6, 6.07) is 13.2. The Balaban J connectivity index is 1.40. The summed E-state index contributed by atoms with van der Waals surface area (Å²) in [5, 5.41) is 0. The maximum Gasteiger partial charge on any atom is 0.241 e. The number of anilines is 2. The minimum Gasteiger partial charge on any atom is -0.376 e. The van der Waals surface area contributed by atoms with Gasteiger partial charge in [0.25, 0.3) is 0 Å². The molecule has 7 nitrogen and oxygen atoms in total. The third-order valence-electron chi connectivity index (χ3n) is 6.24. The third-order valence-corrected chi connectivity index (χ3v) is 7.41. The van der Waals surface area contributed by atoms with Crippen LogP contribution in [0.3, 0.4) is 0 Å². The van der Waals surface area contributed by atoms with Gasteiger partial charge in [0.1, 0.15) is 11.6 Å². The van der Waals surface area contributed by atoms with Crippen LogP contribution in [0.4, 0.5) is 15.8 Å². The van der Waals surface area contributed by atoms with Crippen molar-refractivity contribution >= 4 is 27.3 Å². The second-order valence-electron chi connectivity index (χ2n) is 8.99. The zero-order valence-corrected chi connectivity index (χ0v) is 20.1. The van der Waals surface area contributed by atoms with Crippen LogP contribution in [0.25, 0.3) is 0 Å². The molecular weight excluding hydrogens is 457 g/mol. The Kier molecular flexibility index (Phi) is 8.05. The van der Waals surface area contributed by atoms with E-state index in [0.29, 0.717) is 17.9 Å². The number of ether oxygens (including phenoxy) is 1. The number of nitrogens with zero attached hydrogens (tertiary/aromatic N) is 2. The van der Waals surface area contributed by atoms with Crippen molar-refractivity contribution in [3.63, 3.8) is 0 Å². The lowest BCUT2D eigenvalue weighted by atomic mass is 10.1. The molecular formula is C25H32FN3O4S. The quantitative estimate of drug-likeness (QED) is 0.580. The molecule has 2 aromatic carbocycles. The Labute approximate surface area is 200 Å². The molecule has 2 aliphatic rings. The average Bonchev–Trinajstić information content (AvgIpc) is 3.32. The fourth-order valence-electron chi connectivity index (χ4n) is 4.51. The lowest BCUT2D eigenvalue weighted by molar-refractivity contribution is -0.130. The van der Waals surface area contributed by atoms with Gasteiger partial charge in [-0.25, -0.2) is 12.8 Å². The fraction of sp³-hybridized carbons (Fsp3) is 0.480. The van der Waals surface area contributed by atoms with Gasteiger partial charge in [0.05, 0.1) is 6.10 Å². The topological polar surface area (TPSA) is 79.0 Å². The number of amides is 1. The van der Waals surface area contributed by atoms with Crippen molar-refractivity contribution in [2.75, 3.05) is 41.6 Å². The first kappa shape index (κ1) is 24.5. The molecule has 1 unspecified atom stereocenters. The molecule has 1 amide bonds. The molecule has 0 spiro atoms. The molecule has 1 N–H and O–H groups in total. The van der Waals surface area contributed by atoms with Gasteiger partial charge in [0, 0.05) is 44.2 Å². The van der Waals surface area contributed by atoms with Gasteiger partial charge >= 0.3 is 0 Å². The molecule has 2 aromatic rings. The minimum atomic E-state index is -3.92. The van der Waals surface area contributed by atoms with Gasteiger partial charge in [-0.3, -0.25) is 9.52 Å². The van der Waals surface area contributed by atoms with E-state index in [4.69, 9.17) is 4.74 Å². The SMILES string of the molecule is O=C(CS(=O)(=O)Nc1ccc(N2CCCCC2)cc1)N(Cc1cccc(F)c1)CC1CCCO1. The molecule has 2 aliphatic heterocycles. The van der Waals surface area contributed by atoms with Crippen LogP contribution in [0.1, 0.15) is 37.7 Å². The van der Waals surface area contributed by atoms with Crippen LogP contribution >= 0.6 is 0 Å². The summed E-state index contributed by atoms with van der Waals surface area (Å²) in [5.74, 6) is -1.63. The molecule has 184 valence electrons. The molecule has 0 radical (unpaired) electrons. The lowest BCUT2D eigenvalue weighted by Gasteiger charge is -2.29. The van der Waals surface area contributed by atoms with Crippen LogP contribution in [0.2, 0.25) is 0 Å². The second-order valence-corrected chi connectivity index (χ2v) is 10.7. The highest BCUT2D eigenvalue weighted by Gasteiger charge is 2.26. The summed E-state index contributed by atoms with van der Waals surface area (Å²) in [4.78, 5) is 16.8. The molecule has 1 atom stereocenters. The molecule has 2 heterocycles. The number of hydrogen-bond acceptors (Lipinski definition) is 5. The maximum atomic E-state index is 13.6. The number of halogens is 1. The number of benzene rings is 2. The number of hydrogen-bond donors (Lipinski definition) is 1. The Morgan fingerprint density at radius 1 is 1.09 bits per heavy atom. The van der Waals surface area contributed by atoms with Crippen LogP contribution in [-0.2, 0) is 26.1 Å². The van der Waals surface area contributed by atoms with E-state index < -0.39 is 27.5 Å². The first-order chi connectivity index (χ1) is 16.4. The fourth-order valence-corrected chi connectivity index (χ4v) is 5.58. The van der Waals surface area contributed by atoms with E-state index in [-0.39, 0.29) is 19.2 Å². The van der Waals surface area contributed by atoms with E-state index in [0.717, 1.165) is 44.5 Å². The monoisotopic (exact) mass is 489 g/mol. The van der Waals surface area contributed by atoms with Gasteiger partial charge < -0.3 is 14.5 Å². The van der Waals surface area contributed by atoms with Gasteiger partial charge in [-0.05, 0) is 74.1 Å². The lowest BCUT2D eigenvalue weighted by Crippen LogP contribution is -2.41. The van der Waals surface area contributed by atoms with E-state index in [1.54, 1.807) is 24.3 Å². The van der Waals surface area contributed by atoms with Crippen molar-refractivity contribution < 1.29 is 22.3 Å². The molecule has 2 fully saturated rings. The predicted octanol–water partition coefficient (Wildman–Crippen LogP) is 3.77. The number of sulfonamides is 1. The zero-order valence-electron chi connectivity index (χ0n) is 19.3. The van der Waals surface area contributed by atoms with Gasteiger partial charge in [-0.1, -0.05) is 12.1 Å². The van der Waals surface area contributed by atoms with Gasteiger partial charge in [0.2, 0.25) is 15.9 Å². The van der Waals surface area contributed by atoms with Crippen LogP contribution in [-0.4, -0.2) is 57.3 Å². The molecule has 34 heavy (non-hydrogen) atoms. The van der Waals surface area contributed by atoms with Crippen LogP contribution in [0.15, 0.2) is 48.5 Å². The van der Waals surface area contributed by atoms with Crippen LogP contribution in [0, 0.1) is 5.82 Å². The summed E-state index contributed by atoms with van der Waals surface area (Å²) in [5.41, 5.74) is 2.09. The highest BCUT2D eigenvalue weighted by atomic mass is 32.2. The average molecular weight is 490 g/mol. The normalized spacial score (nSPS) is 18.6. The summed E-state index contributed by atoms with van der Waals surface area (Å²) in [6.07, 6.45) is 5.13. The first-order valence-electron chi connectivity index (χ1n) is 11.9. The van der Waals surface area contributed by atoms with E-state index in [9.17, 15) is 17.6 Å². The number of piperidine rings is 1. The standard InChI is InChI=1S/C25H32FN3O4S/c26-21-7-4-6-20(16-21)17-29(18-24-8-5-15-33-24)25(30)19-34(31,32)27-22-9-11-23(12-10-22)28-13-2-1-3-14-28/h4,6-7,9-12,16,24,27H,1-3,5,8,13-15,17-19H2. The smallest absolute Gasteiger partial charge is 0.241 e.